The van der Waals surface area contributed by atoms with E-state index in [1.165, 1.54) is 24.5 Å². The monoisotopic (exact) mass is 372 g/mol. The van der Waals surface area contributed by atoms with Crippen LogP contribution in [0.2, 0.25) is 0 Å². The summed E-state index contributed by atoms with van der Waals surface area (Å²) in [5.74, 6) is -0.503. The fraction of sp³-hybridized carbons (Fsp3) is 0.350. The third-order valence-electron chi connectivity index (χ3n) is 3.49. The van der Waals surface area contributed by atoms with E-state index >= 15 is 0 Å². The van der Waals surface area contributed by atoms with Crippen LogP contribution >= 0.6 is 0 Å². The first-order chi connectivity index (χ1) is 13.0. The predicted octanol–water partition coefficient (Wildman–Crippen LogP) is 3.02. The molecule has 0 aliphatic rings. The highest BCUT2D eigenvalue weighted by Gasteiger charge is 2.10. The van der Waals surface area contributed by atoms with E-state index in [0.717, 1.165) is 5.56 Å². The van der Waals surface area contributed by atoms with Gasteiger partial charge in [0.1, 0.15) is 11.4 Å². The lowest BCUT2D eigenvalue weighted by atomic mass is 10.1. The zero-order chi connectivity index (χ0) is 20.2. The molecular weight excluding hydrogens is 348 g/mol. The predicted molar refractivity (Wildman–Crippen MR) is 99.6 cm³/mol. The molecule has 0 amide bonds. The minimum Gasteiger partial charge on any atom is -0.462 e. The fourth-order valence-electron chi connectivity index (χ4n) is 2.01. The summed E-state index contributed by atoms with van der Waals surface area (Å²) in [7, 11) is 0. The molecule has 0 fully saturated rings. The van der Waals surface area contributed by atoms with E-state index < -0.39 is 5.97 Å². The molecule has 0 aliphatic carbocycles. The van der Waals surface area contributed by atoms with Crippen molar-refractivity contribution >= 4 is 17.5 Å². The maximum absolute atomic E-state index is 11.3. The summed E-state index contributed by atoms with van der Waals surface area (Å²) in [4.78, 5) is 41.6. The third-order valence-corrected chi connectivity index (χ3v) is 3.49. The smallest absolute Gasteiger partial charge is 0.338 e. The molecule has 0 saturated heterocycles. The summed E-state index contributed by atoms with van der Waals surface area (Å²) in [6, 6.07) is 6.30. The number of hydrogen-bond acceptors (Lipinski definition) is 7. The van der Waals surface area contributed by atoms with Crippen LogP contribution in [0, 0.1) is 0 Å². The second kappa shape index (κ2) is 11.6. The molecule has 0 unspecified atom stereocenters. The molecule has 2 rings (SSSR count). The van der Waals surface area contributed by atoms with Gasteiger partial charge in [0, 0.05) is 25.2 Å². The Morgan fingerprint density at radius 3 is 2.00 bits per heavy atom. The zero-order valence-electron chi connectivity index (χ0n) is 15.8. The number of nitrogens with zero attached hydrogens (tertiary/aromatic N) is 2. The van der Waals surface area contributed by atoms with E-state index in [2.05, 4.69) is 9.97 Å². The highest BCUT2D eigenvalue weighted by Crippen LogP contribution is 2.06. The summed E-state index contributed by atoms with van der Waals surface area (Å²) in [5.41, 5.74) is 1.83. The molecule has 0 aromatic carbocycles. The van der Waals surface area contributed by atoms with Crippen molar-refractivity contribution in [2.75, 3.05) is 6.61 Å². The SMILES string of the molecule is CCC(=O)c1cc(CO)ccn1.CCOC(=O)c1ccnc(C(=O)CC)c1. The van der Waals surface area contributed by atoms with Crippen LogP contribution in [0.15, 0.2) is 36.7 Å². The first kappa shape index (κ1) is 22.1. The Balaban J connectivity index is 0.000000277. The number of pyridine rings is 2. The third kappa shape index (κ3) is 7.07. The summed E-state index contributed by atoms with van der Waals surface area (Å²) in [6.45, 7) is 5.54. The van der Waals surface area contributed by atoms with Crippen molar-refractivity contribution in [2.24, 2.45) is 0 Å². The minimum absolute atomic E-state index is 0.00491. The van der Waals surface area contributed by atoms with Crippen molar-refractivity contribution in [2.45, 2.75) is 40.2 Å². The summed E-state index contributed by atoms with van der Waals surface area (Å²) < 4.78 is 4.82. The Hall–Kier alpha value is -2.93. The van der Waals surface area contributed by atoms with Crippen molar-refractivity contribution in [1.82, 2.24) is 9.97 Å². The van der Waals surface area contributed by atoms with Crippen molar-refractivity contribution in [1.29, 1.82) is 0 Å². The number of aromatic nitrogens is 2. The van der Waals surface area contributed by atoms with Crippen LogP contribution in [0.25, 0.3) is 0 Å². The average Bonchev–Trinajstić information content (AvgIpc) is 2.73. The maximum atomic E-state index is 11.3. The quantitative estimate of drug-likeness (QED) is 0.588. The van der Waals surface area contributed by atoms with Crippen LogP contribution in [-0.4, -0.2) is 39.2 Å². The van der Waals surface area contributed by atoms with Crippen molar-refractivity contribution < 1.29 is 24.2 Å². The van der Waals surface area contributed by atoms with Gasteiger partial charge in [0.05, 0.1) is 18.8 Å². The molecule has 0 saturated carbocycles. The van der Waals surface area contributed by atoms with Gasteiger partial charge in [-0.05, 0) is 36.8 Å². The van der Waals surface area contributed by atoms with Gasteiger partial charge in [-0.3, -0.25) is 19.6 Å². The van der Waals surface area contributed by atoms with Gasteiger partial charge in [0.2, 0.25) is 0 Å². The number of ether oxygens (including phenoxy) is 1. The molecule has 2 aromatic rings. The van der Waals surface area contributed by atoms with Crippen molar-refractivity contribution in [3.8, 4) is 0 Å². The zero-order valence-corrected chi connectivity index (χ0v) is 15.8. The van der Waals surface area contributed by atoms with Gasteiger partial charge in [-0.1, -0.05) is 13.8 Å². The highest BCUT2D eigenvalue weighted by atomic mass is 16.5. The van der Waals surface area contributed by atoms with Gasteiger partial charge in [-0.25, -0.2) is 4.79 Å². The molecule has 27 heavy (non-hydrogen) atoms. The van der Waals surface area contributed by atoms with Crippen LogP contribution in [-0.2, 0) is 11.3 Å². The second-order valence-electron chi connectivity index (χ2n) is 5.41. The number of aliphatic hydroxyl groups is 1. The number of aliphatic hydroxyl groups excluding tert-OH is 1. The molecule has 0 spiro atoms. The first-order valence-corrected chi connectivity index (χ1v) is 8.72. The molecule has 0 bridgehead atoms. The molecule has 0 radical (unpaired) electrons. The Bertz CT molecular complexity index is 789. The van der Waals surface area contributed by atoms with Gasteiger partial charge in [-0.15, -0.1) is 0 Å². The standard InChI is InChI=1S/C11H13NO3.C9H11NO2/c1-3-10(13)9-7-8(5-6-12-9)11(14)15-4-2;1-2-9(12)8-5-7(6-11)3-4-10-8/h5-7H,3-4H2,1-2H3;3-5,11H,2,6H2,1H3. The van der Waals surface area contributed by atoms with Crippen LogP contribution in [0.3, 0.4) is 0 Å². The number of rotatable bonds is 7. The Kier molecular flexibility index (Phi) is 9.53. The lowest BCUT2D eigenvalue weighted by Gasteiger charge is -2.02. The normalized spacial score (nSPS) is 9.78. The molecule has 2 heterocycles. The van der Waals surface area contributed by atoms with Gasteiger partial charge < -0.3 is 9.84 Å². The van der Waals surface area contributed by atoms with Gasteiger partial charge >= 0.3 is 5.97 Å². The first-order valence-electron chi connectivity index (χ1n) is 8.72. The number of Topliss-reactive ketones (excluding diaryl/α,β-unsaturated/α-hetero) is 2. The minimum atomic E-state index is -0.426. The molecular formula is C20H24N2O5. The second-order valence-corrected chi connectivity index (χ2v) is 5.41. The molecule has 2 aromatic heterocycles. The largest absolute Gasteiger partial charge is 0.462 e. The Morgan fingerprint density at radius 2 is 1.48 bits per heavy atom. The average molecular weight is 372 g/mol. The number of hydrogen-bond donors (Lipinski definition) is 1. The van der Waals surface area contributed by atoms with Crippen LogP contribution in [0.4, 0.5) is 0 Å². The summed E-state index contributed by atoms with van der Waals surface area (Å²) in [5, 5.41) is 8.78. The van der Waals surface area contributed by atoms with E-state index in [1.54, 1.807) is 32.9 Å². The van der Waals surface area contributed by atoms with Crippen molar-refractivity contribution in [3.63, 3.8) is 0 Å². The number of carbonyl (C=O) groups excluding carboxylic acids is 3. The molecule has 7 heteroatoms. The fourth-order valence-corrected chi connectivity index (χ4v) is 2.01. The molecule has 7 nitrogen and oxygen atoms in total. The van der Waals surface area contributed by atoms with E-state index in [-0.39, 0.29) is 18.2 Å². The maximum Gasteiger partial charge on any atom is 0.338 e. The van der Waals surface area contributed by atoms with Crippen LogP contribution < -0.4 is 0 Å². The molecule has 0 atom stereocenters. The van der Waals surface area contributed by atoms with E-state index in [4.69, 9.17) is 9.84 Å². The Labute approximate surface area is 158 Å². The van der Waals surface area contributed by atoms with E-state index in [0.29, 0.717) is 36.4 Å². The van der Waals surface area contributed by atoms with Crippen LogP contribution in [0.1, 0.15) is 70.5 Å². The number of esters is 1. The van der Waals surface area contributed by atoms with E-state index in [1.807, 2.05) is 0 Å². The number of ketones is 2. The van der Waals surface area contributed by atoms with Gasteiger partial charge in [0.15, 0.2) is 11.6 Å². The molecule has 0 aliphatic heterocycles. The topological polar surface area (TPSA) is 106 Å². The highest BCUT2D eigenvalue weighted by molar-refractivity contribution is 5.97. The lowest BCUT2D eigenvalue weighted by molar-refractivity contribution is 0.0526. The molecule has 144 valence electrons. The van der Waals surface area contributed by atoms with Gasteiger partial charge in [0.25, 0.3) is 0 Å². The summed E-state index contributed by atoms with van der Waals surface area (Å²) in [6.07, 6.45) is 3.80. The molecule has 1 N–H and O–H groups in total. The number of carbonyl (C=O) groups is 3. The van der Waals surface area contributed by atoms with Crippen molar-refractivity contribution in [3.05, 3.63) is 59.2 Å². The van der Waals surface area contributed by atoms with Gasteiger partial charge in [-0.2, -0.15) is 0 Å². The van der Waals surface area contributed by atoms with Crippen LogP contribution in [0.5, 0.6) is 0 Å². The van der Waals surface area contributed by atoms with E-state index in [9.17, 15) is 14.4 Å². The summed E-state index contributed by atoms with van der Waals surface area (Å²) >= 11 is 0. The Morgan fingerprint density at radius 1 is 0.926 bits per heavy atom. The lowest BCUT2D eigenvalue weighted by Crippen LogP contribution is -2.07.